The third-order valence-corrected chi connectivity index (χ3v) is 3.51. The van der Waals surface area contributed by atoms with Gasteiger partial charge in [0, 0.05) is 31.0 Å². The number of hydrogen-bond donors (Lipinski definition) is 0. The van der Waals surface area contributed by atoms with Crippen molar-refractivity contribution < 1.29 is 4.39 Å². The van der Waals surface area contributed by atoms with Crippen molar-refractivity contribution in [2.24, 2.45) is 0 Å². The van der Waals surface area contributed by atoms with Crippen molar-refractivity contribution in [1.82, 2.24) is 9.97 Å². The fourth-order valence-corrected chi connectivity index (χ4v) is 2.47. The molecule has 1 aliphatic rings. The summed E-state index contributed by atoms with van der Waals surface area (Å²) < 4.78 is 13.8. The fourth-order valence-electron chi connectivity index (χ4n) is 2.47. The van der Waals surface area contributed by atoms with E-state index in [2.05, 4.69) is 9.97 Å². The van der Waals surface area contributed by atoms with Crippen LogP contribution in [0.1, 0.15) is 17.7 Å². The van der Waals surface area contributed by atoms with Crippen LogP contribution in [0.5, 0.6) is 0 Å². The average Bonchev–Trinajstić information content (AvgIpc) is 2.55. The minimum Gasteiger partial charge on any atom is -0.350 e. The lowest BCUT2D eigenvalue weighted by Gasteiger charge is -2.27. The second-order valence-corrected chi connectivity index (χ2v) is 4.75. The molecule has 0 unspecified atom stereocenters. The summed E-state index contributed by atoms with van der Waals surface area (Å²) in [5.41, 5.74) is 1.96. The second kappa shape index (κ2) is 5.71. The summed E-state index contributed by atoms with van der Waals surface area (Å²) in [4.78, 5) is 10.2. The van der Waals surface area contributed by atoms with Crippen LogP contribution in [0.15, 0.2) is 42.7 Å². The molecule has 0 saturated carbocycles. The first-order valence-corrected chi connectivity index (χ1v) is 6.69. The van der Waals surface area contributed by atoms with Gasteiger partial charge in [-0.1, -0.05) is 24.3 Å². The second-order valence-electron chi connectivity index (χ2n) is 4.75. The number of aromatic nitrogens is 2. The third kappa shape index (κ3) is 2.61. The van der Waals surface area contributed by atoms with E-state index in [1.807, 2.05) is 23.1 Å². The van der Waals surface area contributed by atoms with E-state index in [1.54, 1.807) is 18.3 Å². The van der Waals surface area contributed by atoms with Crippen molar-refractivity contribution in [3.63, 3.8) is 0 Å². The van der Waals surface area contributed by atoms with E-state index in [1.165, 1.54) is 12.3 Å². The van der Waals surface area contributed by atoms with Crippen molar-refractivity contribution in [2.45, 2.75) is 6.42 Å². The molecular formula is C16H13FN4. The molecule has 0 radical (unpaired) electrons. The maximum Gasteiger partial charge on any atom is 0.183 e. The molecule has 0 saturated heterocycles. The lowest BCUT2D eigenvalue weighted by atomic mass is 9.99. The highest BCUT2D eigenvalue weighted by Gasteiger charge is 2.18. The molecule has 0 N–H and O–H groups in total. The van der Waals surface area contributed by atoms with Crippen LogP contribution in [0.3, 0.4) is 0 Å². The van der Waals surface area contributed by atoms with E-state index >= 15 is 0 Å². The molecule has 1 aliphatic heterocycles. The number of benzene rings is 1. The van der Waals surface area contributed by atoms with E-state index in [9.17, 15) is 4.39 Å². The zero-order chi connectivity index (χ0) is 14.7. The first-order chi connectivity index (χ1) is 10.3. The topological polar surface area (TPSA) is 52.8 Å². The summed E-state index contributed by atoms with van der Waals surface area (Å²) in [6.07, 6.45) is 5.78. The van der Waals surface area contributed by atoms with Gasteiger partial charge in [-0.15, -0.1) is 0 Å². The summed E-state index contributed by atoms with van der Waals surface area (Å²) >= 11 is 0. The Kier molecular flexibility index (Phi) is 3.61. The predicted octanol–water partition coefficient (Wildman–Crippen LogP) is 2.78. The Morgan fingerprint density at radius 1 is 1.19 bits per heavy atom. The third-order valence-electron chi connectivity index (χ3n) is 3.51. The van der Waals surface area contributed by atoms with E-state index in [0.717, 1.165) is 5.57 Å². The molecule has 0 amide bonds. The van der Waals surface area contributed by atoms with Gasteiger partial charge in [0.2, 0.25) is 0 Å². The molecule has 2 aromatic rings. The van der Waals surface area contributed by atoms with Gasteiger partial charge in [-0.2, -0.15) is 5.26 Å². The number of halogens is 1. The van der Waals surface area contributed by atoms with Crippen molar-refractivity contribution in [2.75, 3.05) is 18.0 Å². The Morgan fingerprint density at radius 2 is 2.00 bits per heavy atom. The van der Waals surface area contributed by atoms with Gasteiger partial charge >= 0.3 is 0 Å². The van der Waals surface area contributed by atoms with E-state index < -0.39 is 0 Å². The molecule has 21 heavy (non-hydrogen) atoms. The summed E-state index contributed by atoms with van der Waals surface area (Å²) in [6, 6.07) is 8.83. The highest BCUT2D eigenvalue weighted by atomic mass is 19.1. The molecule has 0 aliphatic carbocycles. The molecular weight excluding hydrogens is 267 g/mol. The van der Waals surface area contributed by atoms with Crippen molar-refractivity contribution in [1.29, 1.82) is 5.26 Å². The van der Waals surface area contributed by atoms with Crippen LogP contribution in [-0.4, -0.2) is 23.1 Å². The highest BCUT2D eigenvalue weighted by molar-refractivity contribution is 5.69. The predicted molar refractivity (Wildman–Crippen MR) is 78.0 cm³/mol. The van der Waals surface area contributed by atoms with Gasteiger partial charge < -0.3 is 4.90 Å². The van der Waals surface area contributed by atoms with Gasteiger partial charge in [0.25, 0.3) is 0 Å². The van der Waals surface area contributed by atoms with Crippen LogP contribution in [-0.2, 0) is 0 Å². The van der Waals surface area contributed by atoms with E-state index in [4.69, 9.17) is 5.26 Å². The molecule has 0 bridgehead atoms. The normalized spacial score (nSPS) is 14.5. The monoisotopic (exact) mass is 280 g/mol. The highest BCUT2D eigenvalue weighted by Crippen LogP contribution is 2.27. The molecule has 2 heterocycles. The molecule has 104 valence electrons. The Bertz CT molecular complexity index is 733. The summed E-state index contributed by atoms with van der Waals surface area (Å²) in [5, 5.41) is 9.07. The average molecular weight is 280 g/mol. The first-order valence-electron chi connectivity index (χ1n) is 6.69. The SMILES string of the molecule is N#Cc1nccnc1N1CC=C(c2ccccc2F)CC1. The van der Waals surface area contributed by atoms with Crippen LogP contribution >= 0.6 is 0 Å². The summed E-state index contributed by atoms with van der Waals surface area (Å²) in [6.45, 7) is 1.28. The maximum atomic E-state index is 13.8. The van der Waals surface area contributed by atoms with Gasteiger partial charge in [0.1, 0.15) is 11.9 Å². The van der Waals surface area contributed by atoms with Crippen LogP contribution in [0, 0.1) is 17.1 Å². The lowest BCUT2D eigenvalue weighted by molar-refractivity contribution is 0.622. The zero-order valence-electron chi connectivity index (χ0n) is 11.3. The summed E-state index contributed by atoms with van der Waals surface area (Å²) in [5.74, 6) is 0.387. The number of rotatable bonds is 2. The standard InChI is InChI=1S/C16H13FN4/c17-14-4-2-1-3-13(14)12-5-9-21(10-6-12)16-15(11-18)19-7-8-20-16/h1-5,7-8H,6,9-10H2. The minimum atomic E-state index is -0.200. The van der Waals surface area contributed by atoms with Gasteiger partial charge in [-0.05, 0) is 18.1 Å². The number of anilines is 1. The van der Waals surface area contributed by atoms with Crippen LogP contribution in [0.2, 0.25) is 0 Å². The molecule has 0 fully saturated rings. The number of nitrogens with zero attached hydrogens (tertiary/aromatic N) is 4. The summed E-state index contributed by atoms with van der Waals surface area (Å²) in [7, 11) is 0. The molecule has 0 spiro atoms. The van der Waals surface area contributed by atoms with Crippen LogP contribution in [0.4, 0.5) is 10.2 Å². The van der Waals surface area contributed by atoms with Gasteiger partial charge in [0.05, 0.1) is 0 Å². The first kappa shape index (κ1) is 13.3. The Morgan fingerprint density at radius 3 is 2.71 bits per heavy atom. The smallest absolute Gasteiger partial charge is 0.183 e. The van der Waals surface area contributed by atoms with Gasteiger partial charge in [0.15, 0.2) is 11.5 Å². The molecule has 1 aromatic heterocycles. The Hall–Kier alpha value is -2.74. The molecule has 3 rings (SSSR count). The molecule has 0 atom stereocenters. The molecule has 1 aromatic carbocycles. The Balaban J connectivity index is 1.84. The van der Waals surface area contributed by atoms with Gasteiger partial charge in [-0.25, -0.2) is 14.4 Å². The van der Waals surface area contributed by atoms with E-state index in [0.29, 0.717) is 36.6 Å². The zero-order valence-corrected chi connectivity index (χ0v) is 11.3. The molecule has 5 heteroatoms. The Labute approximate surface area is 122 Å². The quantitative estimate of drug-likeness (QED) is 0.848. The fraction of sp³-hybridized carbons (Fsp3) is 0.188. The maximum absolute atomic E-state index is 13.8. The largest absolute Gasteiger partial charge is 0.350 e. The minimum absolute atomic E-state index is 0.200. The number of nitriles is 1. The van der Waals surface area contributed by atoms with Gasteiger partial charge in [-0.3, -0.25) is 0 Å². The van der Waals surface area contributed by atoms with Crippen molar-refractivity contribution in [3.05, 3.63) is 59.8 Å². The lowest BCUT2D eigenvalue weighted by Crippen LogP contribution is -2.30. The molecule has 4 nitrogen and oxygen atoms in total. The van der Waals surface area contributed by atoms with Crippen molar-refractivity contribution >= 4 is 11.4 Å². The van der Waals surface area contributed by atoms with E-state index in [-0.39, 0.29) is 5.82 Å². The number of hydrogen-bond acceptors (Lipinski definition) is 4. The van der Waals surface area contributed by atoms with Crippen LogP contribution < -0.4 is 4.90 Å². The van der Waals surface area contributed by atoms with Crippen LogP contribution in [0.25, 0.3) is 5.57 Å². The van der Waals surface area contributed by atoms with Crippen molar-refractivity contribution in [3.8, 4) is 6.07 Å².